The Labute approximate surface area is 93.0 Å². The number of rotatable bonds is 3. The normalized spacial score (nSPS) is 15.4. The fourth-order valence-electron chi connectivity index (χ4n) is 1.67. The van der Waals surface area contributed by atoms with Gasteiger partial charge < -0.3 is 10.1 Å². The Morgan fingerprint density at radius 3 is 2.75 bits per heavy atom. The SMILES string of the molecule is COCc1ccccc1N1C(=O)CNC1=O. The lowest BCUT2D eigenvalue weighted by Gasteiger charge is -2.16. The molecular weight excluding hydrogens is 208 g/mol. The first kappa shape index (κ1) is 10.6. The molecule has 5 heteroatoms. The molecule has 1 aromatic rings. The first-order chi connectivity index (χ1) is 7.74. The first-order valence-electron chi connectivity index (χ1n) is 4.91. The van der Waals surface area contributed by atoms with Crippen molar-refractivity contribution in [3.8, 4) is 0 Å². The van der Waals surface area contributed by atoms with E-state index in [1.807, 2.05) is 12.1 Å². The number of carbonyl (C=O) groups is 2. The lowest BCUT2D eigenvalue weighted by molar-refractivity contribution is -0.115. The van der Waals surface area contributed by atoms with Gasteiger partial charge in [-0.2, -0.15) is 0 Å². The Morgan fingerprint density at radius 1 is 1.38 bits per heavy atom. The number of ether oxygens (including phenoxy) is 1. The molecule has 3 amide bonds. The van der Waals surface area contributed by atoms with Gasteiger partial charge in [0.15, 0.2) is 0 Å². The van der Waals surface area contributed by atoms with Crippen LogP contribution in [-0.2, 0) is 16.1 Å². The highest BCUT2D eigenvalue weighted by Gasteiger charge is 2.31. The molecule has 5 nitrogen and oxygen atoms in total. The van der Waals surface area contributed by atoms with Crippen molar-refractivity contribution in [1.29, 1.82) is 0 Å². The molecule has 1 aromatic carbocycles. The van der Waals surface area contributed by atoms with E-state index in [1.165, 1.54) is 0 Å². The van der Waals surface area contributed by atoms with E-state index < -0.39 is 0 Å². The van der Waals surface area contributed by atoms with Gasteiger partial charge in [-0.1, -0.05) is 18.2 Å². The molecule has 0 bridgehead atoms. The molecule has 0 aromatic heterocycles. The van der Waals surface area contributed by atoms with Crippen molar-refractivity contribution in [2.24, 2.45) is 0 Å². The van der Waals surface area contributed by atoms with Crippen LogP contribution in [0.2, 0.25) is 0 Å². The summed E-state index contributed by atoms with van der Waals surface area (Å²) in [5.41, 5.74) is 1.40. The van der Waals surface area contributed by atoms with Crippen molar-refractivity contribution >= 4 is 17.6 Å². The van der Waals surface area contributed by atoms with Crippen LogP contribution < -0.4 is 10.2 Å². The summed E-state index contributed by atoms with van der Waals surface area (Å²) >= 11 is 0. The fraction of sp³-hybridized carbons (Fsp3) is 0.273. The van der Waals surface area contributed by atoms with Crippen LogP contribution in [-0.4, -0.2) is 25.6 Å². The van der Waals surface area contributed by atoms with Crippen LogP contribution in [0.25, 0.3) is 0 Å². The molecule has 1 N–H and O–H groups in total. The van der Waals surface area contributed by atoms with Gasteiger partial charge in [0.05, 0.1) is 18.8 Å². The largest absolute Gasteiger partial charge is 0.380 e. The molecule has 0 saturated carbocycles. The number of nitrogens with one attached hydrogen (secondary N) is 1. The van der Waals surface area contributed by atoms with Crippen LogP contribution in [0.1, 0.15) is 5.56 Å². The molecule has 1 heterocycles. The number of para-hydroxylation sites is 1. The van der Waals surface area contributed by atoms with Gasteiger partial charge in [-0.3, -0.25) is 4.79 Å². The molecule has 0 unspecified atom stereocenters. The predicted octanol–water partition coefficient (Wildman–Crippen LogP) is 0.889. The average molecular weight is 220 g/mol. The minimum atomic E-state index is -0.381. The Bertz CT molecular complexity index is 415. The number of benzene rings is 1. The highest BCUT2D eigenvalue weighted by atomic mass is 16.5. The summed E-state index contributed by atoms with van der Waals surface area (Å²) in [6.45, 7) is 0.424. The van der Waals surface area contributed by atoms with Crippen molar-refractivity contribution in [2.45, 2.75) is 6.61 Å². The Kier molecular flexibility index (Phi) is 2.87. The highest BCUT2D eigenvalue weighted by Crippen LogP contribution is 2.23. The molecular formula is C11H12N2O3. The van der Waals surface area contributed by atoms with E-state index in [1.54, 1.807) is 19.2 Å². The first-order valence-corrected chi connectivity index (χ1v) is 4.91. The number of nitrogens with zero attached hydrogens (tertiary/aromatic N) is 1. The fourth-order valence-corrected chi connectivity index (χ4v) is 1.67. The van der Waals surface area contributed by atoms with Crippen LogP contribution in [0.3, 0.4) is 0 Å². The second-order valence-electron chi connectivity index (χ2n) is 3.45. The van der Waals surface area contributed by atoms with Crippen LogP contribution >= 0.6 is 0 Å². The van der Waals surface area contributed by atoms with Gasteiger partial charge in [0.25, 0.3) is 5.91 Å². The summed E-state index contributed by atoms with van der Waals surface area (Å²) in [6, 6.07) is 6.81. The van der Waals surface area contributed by atoms with E-state index in [0.717, 1.165) is 10.5 Å². The molecule has 2 rings (SSSR count). The number of urea groups is 1. The van der Waals surface area contributed by atoms with Gasteiger partial charge in [-0.25, -0.2) is 9.69 Å². The smallest absolute Gasteiger partial charge is 0.329 e. The van der Waals surface area contributed by atoms with Crippen LogP contribution in [0.15, 0.2) is 24.3 Å². The van der Waals surface area contributed by atoms with E-state index in [0.29, 0.717) is 12.3 Å². The van der Waals surface area contributed by atoms with Crippen molar-refractivity contribution in [3.05, 3.63) is 29.8 Å². The molecule has 1 saturated heterocycles. The van der Waals surface area contributed by atoms with Gasteiger partial charge in [-0.05, 0) is 6.07 Å². The number of hydrogen-bond donors (Lipinski definition) is 1. The standard InChI is InChI=1S/C11H12N2O3/c1-16-7-8-4-2-3-5-9(8)13-10(14)6-12-11(13)15/h2-5H,6-7H2,1H3,(H,12,15). The van der Waals surface area contributed by atoms with Crippen molar-refractivity contribution < 1.29 is 14.3 Å². The number of imide groups is 1. The maximum atomic E-state index is 11.5. The minimum absolute atomic E-state index is 0.0557. The summed E-state index contributed by atoms with van der Waals surface area (Å²) < 4.78 is 5.03. The second-order valence-corrected chi connectivity index (χ2v) is 3.45. The summed E-state index contributed by atoms with van der Waals surface area (Å²) in [4.78, 5) is 24.2. The Balaban J connectivity index is 2.38. The van der Waals surface area contributed by atoms with E-state index in [2.05, 4.69) is 5.32 Å². The van der Waals surface area contributed by atoms with Gasteiger partial charge in [-0.15, -0.1) is 0 Å². The third-order valence-corrected chi connectivity index (χ3v) is 2.38. The van der Waals surface area contributed by atoms with E-state index in [4.69, 9.17) is 4.74 Å². The third-order valence-electron chi connectivity index (χ3n) is 2.38. The Hall–Kier alpha value is -1.88. The summed E-state index contributed by atoms with van der Waals surface area (Å²) in [6.07, 6.45) is 0. The predicted molar refractivity (Wildman–Crippen MR) is 58.0 cm³/mol. The van der Waals surface area contributed by atoms with Gasteiger partial charge in [0.2, 0.25) is 0 Å². The van der Waals surface area contributed by atoms with Crippen LogP contribution in [0.4, 0.5) is 10.5 Å². The zero-order valence-electron chi connectivity index (χ0n) is 8.90. The van der Waals surface area contributed by atoms with Crippen molar-refractivity contribution in [3.63, 3.8) is 0 Å². The van der Waals surface area contributed by atoms with E-state index in [9.17, 15) is 9.59 Å². The zero-order chi connectivity index (χ0) is 11.5. The summed E-state index contributed by atoms with van der Waals surface area (Å²) in [5, 5.41) is 2.48. The molecule has 0 spiro atoms. The average Bonchev–Trinajstić information content (AvgIpc) is 2.60. The van der Waals surface area contributed by atoms with Crippen LogP contribution in [0.5, 0.6) is 0 Å². The highest BCUT2D eigenvalue weighted by molar-refractivity contribution is 6.20. The molecule has 0 atom stereocenters. The quantitative estimate of drug-likeness (QED) is 0.769. The molecule has 1 aliphatic heterocycles. The number of carbonyl (C=O) groups excluding carboxylic acids is 2. The lowest BCUT2D eigenvalue weighted by Crippen LogP contribution is -2.31. The number of anilines is 1. The molecule has 1 aliphatic rings. The van der Waals surface area contributed by atoms with Crippen LogP contribution in [0, 0.1) is 0 Å². The summed E-state index contributed by atoms with van der Waals surface area (Å²) in [5.74, 6) is -0.242. The number of hydrogen-bond acceptors (Lipinski definition) is 3. The molecule has 84 valence electrons. The number of amides is 3. The minimum Gasteiger partial charge on any atom is -0.380 e. The monoisotopic (exact) mass is 220 g/mol. The zero-order valence-corrected chi connectivity index (χ0v) is 8.90. The van der Waals surface area contributed by atoms with Crippen molar-refractivity contribution in [1.82, 2.24) is 5.32 Å². The second kappa shape index (κ2) is 4.32. The lowest BCUT2D eigenvalue weighted by atomic mass is 10.1. The summed E-state index contributed by atoms with van der Waals surface area (Å²) in [7, 11) is 1.57. The molecule has 0 radical (unpaired) electrons. The molecule has 0 aliphatic carbocycles. The van der Waals surface area contributed by atoms with Gasteiger partial charge in [0, 0.05) is 12.7 Å². The maximum absolute atomic E-state index is 11.5. The number of methoxy groups -OCH3 is 1. The Morgan fingerprint density at radius 2 is 2.12 bits per heavy atom. The third kappa shape index (κ3) is 1.77. The van der Waals surface area contributed by atoms with Gasteiger partial charge >= 0.3 is 6.03 Å². The molecule has 1 fully saturated rings. The van der Waals surface area contributed by atoms with Gasteiger partial charge in [0.1, 0.15) is 0 Å². The van der Waals surface area contributed by atoms with E-state index >= 15 is 0 Å². The van der Waals surface area contributed by atoms with E-state index in [-0.39, 0.29) is 18.5 Å². The maximum Gasteiger partial charge on any atom is 0.329 e. The van der Waals surface area contributed by atoms with Crippen molar-refractivity contribution in [2.75, 3.05) is 18.6 Å². The topological polar surface area (TPSA) is 58.6 Å². The molecule has 16 heavy (non-hydrogen) atoms.